The average Bonchev–Trinajstić information content (AvgIpc) is 2.94. The number of benzene rings is 1. The van der Waals surface area contributed by atoms with Crippen LogP contribution in [0, 0.1) is 10.1 Å². The summed E-state index contributed by atoms with van der Waals surface area (Å²) in [5, 5.41) is 18.0. The molecule has 110 valence electrons. The van der Waals surface area contributed by atoms with E-state index in [0.29, 0.717) is 5.69 Å². The standard InChI is InChI=1S/C13H12ClN3O3S/c1-8(12-3-2-6-21-12)15-13(18)16-11-5-4-9(17(19)20)7-10(11)14/h2-8H,1H3,(H2,15,16,18)/t8-/m0/s1. The van der Waals surface area contributed by atoms with Crippen molar-refractivity contribution in [3.8, 4) is 0 Å². The van der Waals surface area contributed by atoms with Crippen LogP contribution >= 0.6 is 22.9 Å². The number of anilines is 1. The van der Waals surface area contributed by atoms with Gasteiger partial charge in [-0.1, -0.05) is 17.7 Å². The summed E-state index contributed by atoms with van der Waals surface area (Å²) in [6.45, 7) is 1.86. The van der Waals surface area contributed by atoms with E-state index in [0.717, 1.165) is 4.88 Å². The molecule has 0 aliphatic carbocycles. The molecule has 0 radical (unpaired) electrons. The first-order valence-electron chi connectivity index (χ1n) is 6.02. The van der Waals surface area contributed by atoms with E-state index in [9.17, 15) is 14.9 Å². The Kier molecular flexibility index (Phi) is 4.77. The maximum Gasteiger partial charge on any atom is 0.319 e. The second-order valence-corrected chi connectivity index (χ2v) is 5.64. The Labute approximate surface area is 129 Å². The van der Waals surface area contributed by atoms with Gasteiger partial charge in [0.2, 0.25) is 0 Å². The molecule has 1 atom stereocenters. The van der Waals surface area contributed by atoms with Crippen LogP contribution in [0.25, 0.3) is 0 Å². The van der Waals surface area contributed by atoms with E-state index >= 15 is 0 Å². The van der Waals surface area contributed by atoms with Gasteiger partial charge in [0.15, 0.2) is 0 Å². The largest absolute Gasteiger partial charge is 0.331 e. The average molecular weight is 326 g/mol. The van der Waals surface area contributed by atoms with E-state index in [4.69, 9.17) is 11.6 Å². The summed E-state index contributed by atoms with van der Waals surface area (Å²) in [7, 11) is 0. The number of hydrogen-bond acceptors (Lipinski definition) is 4. The van der Waals surface area contributed by atoms with Gasteiger partial charge in [0.05, 0.1) is 21.7 Å². The zero-order chi connectivity index (χ0) is 15.4. The highest BCUT2D eigenvalue weighted by Crippen LogP contribution is 2.26. The summed E-state index contributed by atoms with van der Waals surface area (Å²) in [6, 6.07) is 7.14. The Hall–Kier alpha value is -2.12. The lowest BCUT2D eigenvalue weighted by molar-refractivity contribution is -0.384. The number of amides is 2. The minimum Gasteiger partial charge on any atom is -0.331 e. The highest BCUT2D eigenvalue weighted by atomic mass is 35.5. The van der Waals surface area contributed by atoms with Crippen molar-refractivity contribution in [1.82, 2.24) is 5.32 Å². The van der Waals surface area contributed by atoms with Crippen LogP contribution in [0.3, 0.4) is 0 Å². The van der Waals surface area contributed by atoms with Gasteiger partial charge < -0.3 is 10.6 Å². The normalized spacial score (nSPS) is 11.7. The van der Waals surface area contributed by atoms with Crippen molar-refractivity contribution in [2.75, 3.05) is 5.32 Å². The summed E-state index contributed by atoms with van der Waals surface area (Å²) in [5.74, 6) is 0. The summed E-state index contributed by atoms with van der Waals surface area (Å²) in [6.07, 6.45) is 0. The van der Waals surface area contributed by atoms with Gasteiger partial charge in [0.25, 0.3) is 5.69 Å². The molecule has 8 heteroatoms. The lowest BCUT2D eigenvalue weighted by Gasteiger charge is -2.13. The minimum atomic E-state index is -0.547. The number of hydrogen-bond donors (Lipinski definition) is 2. The molecule has 0 fully saturated rings. The molecule has 0 spiro atoms. The van der Waals surface area contributed by atoms with Crippen molar-refractivity contribution < 1.29 is 9.72 Å². The van der Waals surface area contributed by atoms with Crippen LogP contribution in [0.5, 0.6) is 0 Å². The minimum absolute atomic E-state index is 0.114. The third kappa shape index (κ3) is 3.93. The second kappa shape index (κ2) is 6.55. The Balaban J connectivity index is 2.01. The van der Waals surface area contributed by atoms with E-state index in [-0.39, 0.29) is 16.8 Å². The molecule has 21 heavy (non-hydrogen) atoms. The number of carbonyl (C=O) groups is 1. The van der Waals surface area contributed by atoms with Crippen molar-refractivity contribution in [3.63, 3.8) is 0 Å². The number of nitrogens with zero attached hydrogens (tertiary/aromatic N) is 1. The Morgan fingerprint density at radius 3 is 2.76 bits per heavy atom. The highest BCUT2D eigenvalue weighted by Gasteiger charge is 2.13. The Morgan fingerprint density at radius 1 is 1.43 bits per heavy atom. The monoisotopic (exact) mass is 325 g/mol. The van der Waals surface area contributed by atoms with Crippen LogP contribution in [-0.4, -0.2) is 11.0 Å². The van der Waals surface area contributed by atoms with Gasteiger partial charge in [0.1, 0.15) is 0 Å². The van der Waals surface area contributed by atoms with Crippen LogP contribution in [0.2, 0.25) is 5.02 Å². The topological polar surface area (TPSA) is 84.3 Å². The maximum atomic E-state index is 11.9. The van der Waals surface area contributed by atoms with E-state index in [2.05, 4.69) is 10.6 Å². The van der Waals surface area contributed by atoms with Crippen LogP contribution in [0.15, 0.2) is 35.7 Å². The predicted molar refractivity (Wildman–Crippen MR) is 83.0 cm³/mol. The number of nitro groups is 1. The van der Waals surface area contributed by atoms with Gasteiger partial charge >= 0.3 is 6.03 Å². The summed E-state index contributed by atoms with van der Waals surface area (Å²) in [4.78, 5) is 23.0. The summed E-state index contributed by atoms with van der Waals surface area (Å²) < 4.78 is 0. The van der Waals surface area contributed by atoms with E-state index in [1.54, 1.807) is 11.3 Å². The molecule has 2 amide bonds. The molecule has 0 aliphatic heterocycles. The predicted octanol–water partition coefficient (Wildman–Crippen LogP) is 4.19. The first kappa shape index (κ1) is 15.3. The molecule has 0 saturated carbocycles. The summed E-state index contributed by atoms with van der Waals surface area (Å²) in [5.41, 5.74) is 0.191. The third-order valence-electron chi connectivity index (χ3n) is 2.73. The smallest absolute Gasteiger partial charge is 0.319 e. The fraction of sp³-hybridized carbons (Fsp3) is 0.154. The molecular weight excluding hydrogens is 314 g/mol. The number of urea groups is 1. The third-order valence-corrected chi connectivity index (χ3v) is 4.10. The Morgan fingerprint density at radius 2 is 2.19 bits per heavy atom. The molecule has 0 bridgehead atoms. The van der Waals surface area contributed by atoms with Gasteiger partial charge in [-0.05, 0) is 24.4 Å². The number of carbonyl (C=O) groups excluding carboxylic acids is 1. The van der Waals surface area contributed by atoms with E-state index in [1.165, 1.54) is 18.2 Å². The maximum absolute atomic E-state index is 11.9. The quantitative estimate of drug-likeness (QED) is 0.653. The zero-order valence-electron chi connectivity index (χ0n) is 11.0. The van der Waals surface area contributed by atoms with Gasteiger partial charge in [-0.2, -0.15) is 0 Å². The first-order chi connectivity index (χ1) is 9.97. The highest BCUT2D eigenvalue weighted by molar-refractivity contribution is 7.10. The SMILES string of the molecule is C[C@H](NC(=O)Nc1ccc([N+](=O)[O-])cc1Cl)c1cccs1. The van der Waals surface area contributed by atoms with Crippen molar-refractivity contribution in [2.24, 2.45) is 0 Å². The fourth-order valence-corrected chi connectivity index (χ4v) is 2.64. The van der Waals surface area contributed by atoms with E-state index < -0.39 is 11.0 Å². The van der Waals surface area contributed by atoms with Crippen LogP contribution < -0.4 is 10.6 Å². The van der Waals surface area contributed by atoms with Gasteiger partial charge in [-0.15, -0.1) is 11.3 Å². The lowest BCUT2D eigenvalue weighted by atomic mass is 10.2. The molecule has 0 saturated heterocycles. The molecule has 2 rings (SSSR count). The van der Waals surface area contributed by atoms with Crippen molar-refractivity contribution in [2.45, 2.75) is 13.0 Å². The zero-order valence-corrected chi connectivity index (χ0v) is 12.6. The molecule has 1 aromatic heterocycles. The number of rotatable bonds is 4. The number of thiophene rings is 1. The van der Waals surface area contributed by atoms with Crippen LogP contribution in [0.4, 0.5) is 16.2 Å². The fourth-order valence-electron chi connectivity index (χ4n) is 1.68. The molecule has 1 heterocycles. The van der Waals surface area contributed by atoms with Gasteiger partial charge in [0, 0.05) is 17.0 Å². The van der Waals surface area contributed by atoms with E-state index in [1.807, 2.05) is 24.4 Å². The van der Waals surface area contributed by atoms with Crippen molar-refractivity contribution >= 4 is 40.3 Å². The van der Waals surface area contributed by atoms with Gasteiger partial charge in [-0.3, -0.25) is 10.1 Å². The van der Waals surface area contributed by atoms with Crippen molar-refractivity contribution in [1.29, 1.82) is 0 Å². The molecule has 2 aromatic rings. The van der Waals surface area contributed by atoms with Crippen LogP contribution in [0.1, 0.15) is 17.8 Å². The molecule has 6 nitrogen and oxygen atoms in total. The number of non-ortho nitro benzene ring substituents is 1. The summed E-state index contributed by atoms with van der Waals surface area (Å²) >= 11 is 7.45. The van der Waals surface area contributed by atoms with Gasteiger partial charge in [-0.25, -0.2) is 4.79 Å². The molecule has 1 aromatic carbocycles. The molecule has 2 N–H and O–H groups in total. The molecular formula is C13H12ClN3O3S. The number of nitro benzene ring substituents is 1. The number of nitrogens with one attached hydrogen (secondary N) is 2. The lowest BCUT2D eigenvalue weighted by Crippen LogP contribution is -2.30. The number of halogens is 1. The molecule has 0 aliphatic rings. The Bertz CT molecular complexity index is 661. The second-order valence-electron chi connectivity index (χ2n) is 4.26. The van der Waals surface area contributed by atoms with Crippen LogP contribution in [-0.2, 0) is 0 Å². The van der Waals surface area contributed by atoms with Crippen molar-refractivity contribution in [3.05, 3.63) is 55.7 Å². The molecule has 0 unspecified atom stereocenters. The first-order valence-corrected chi connectivity index (χ1v) is 7.28.